The quantitative estimate of drug-likeness (QED) is 0.745. The minimum absolute atomic E-state index is 0.0160. The van der Waals surface area contributed by atoms with E-state index in [0.717, 1.165) is 11.1 Å². The Balaban J connectivity index is 1.48. The van der Waals surface area contributed by atoms with E-state index >= 15 is 0 Å². The normalized spacial score (nSPS) is 14.9. The highest BCUT2D eigenvalue weighted by molar-refractivity contribution is 5.97. The molecule has 0 unspecified atom stereocenters. The number of piperazine rings is 1. The van der Waals surface area contributed by atoms with Gasteiger partial charge in [0.05, 0.1) is 0 Å². The highest BCUT2D eigenvalue weighted by atomic mass is 19.1. The van der Waals surface area contributed by atoms with E-state index in [1.807, 2.05) is 48.2 Å². The van der Waals surface area contributed by atoms with E-state index in [-0.39, 0.29) is 17.6 Å². The molecule has 1 heterocycles. The van der Waals surface area contributed by atoms with Crippen molar-refractivity contribution in [1.29, 1.82) is 0 Å². The highest BCUT2D eigenvalue weighted by Crippen LogP contribution is 2.13. The summed E-state index contributed by atoms with van der Waals surface area (Å²) in [6.45, 7) is 4.01. The van der Waals surface area contributed by atoms with Crippen molar-refractivity contribution >= 4 is 17.9 Å². The van der Waals surface area contributed by atoms with Gasteiger partial charge >= 0.3 is 0 Å². The Hall–Kier alpha value is -2.95. The second kappa shape index (κ2) is 9.31. The molecule has 3 rings (SSSR count). The number of nitrogens with zero attached hydrogens (tertiary/aromatic N) is 2. The Morgan fingerprint density at radius 3 is 2.18 bits per heavy atom. The van der Waals surface area contributed by atoms with Crippen molar-refractivity contribution in [3.05, 3.63) is 77.1 Å². The molecule has 2 amide bonds. The maximum Gasteiger partial charge on any atom is 0.249 e. The summed E-state index contributed by atoms with van der Waals surface area (Å²) < 4.78 is 12.9. The molecule has 0 aliphatic carbocycles. The molecule has 0 N–H and O–H groups in total. The van der Waals surface area contributed by atoms with Gasteiger partial charge in [-0.05, 0) is 42.7 Å². The number of rotatable bonds is 5. The predicted octanol–water partition coefficient (Wildman–Crippen LogP) is 3.53. The van der Waals surface area contributed by atoms with Crippen molar-refractivity contribution in [1.82, 2.24) is 9.80 Å². The standard InChI is InChI=1S/C23H25FN2O2/c1-18(17-20-5-3-2-4-6-20)23(28)26-15-13-25(14-16-26)22(27)12-9-19-7-10-21(24)11-8-19/h2-8,10-11,17H,9,12-16H2,1H3/b18-17+. The van der Waals surface area contributed by atoms with Gasteiger partial charge in [-0.25, -0.2) is 4.39 Å². The maximum absolute atomic E-state index is 12.9. The number of hydrogen-bond donors (Lipinski definition) is 0. The summed E-state index contributed by atoms with van der Waals surface area (Å²) in [5.41, 5.74) is 2.65. The van der Waals surface area contributed by atoms with Gasteiger partial charge in [0.1, 0.15) is 5.82 Å². The molecule has 0 radical (unpaired) electrons. The molecular formula is C23H25FN2O2. The Labute approximate surface area is 165 Å². The summed E-state index contributed by atoms with van der Waals surface area (Å²) in [4.78, 5) is 28.7. The maximum atomic E-state index is 12.9. The summed E-state index contributed by atoms with van der Waals surface area (Å²) >= 11 is 0. The van der Waals surface area contributed by atoms with Gasteiger partial charge in [-0.3, -0.25) is 9.59 Å². The molecule has 1 aliphatic rings. The molecule has 1 saturated heterocycles. The zero-order valence-electron chi connectivity index (χ0n) is 16.1. The van der Waals surface area contributed by atoms with E-state index in [2.05, 4.69) is 0 Å². The number of benzene rings is 2. The van der Waals surface area contributed by atoms with Gasteiger partial charge in [0.15, 0.2) is 0 Å². The van der Waals surface area contributed by atoms with Crippen molar-refractivity contribution < 1.29 is 14.0 Å². The average Bonchev–Trinajstić information content (AvgIpc) is 2.73. The van der Waals surface area contributed by atoms with E-state index < -0.39 is 0 Å². The Kier molecular flexibility index (Phi) is 6.58. The van der Waals surface area contributed by atoms with Crippen LogP contribution in [0.3, 0.4) is 0 Å². The van der Waals surface area contributed by atoms with E-state index in [1.54, 1.807) is 17.0 Å². The van der Waals surface area contributed by atoms with Crippen LogP contribution < -0.4 is 0 Å². The average molecular weight is 380 g/mol. The van der Waals surface area contributed by atoms with E-state index in [0.29, 0.717) is 44.6 Å². The fourth-order valence-corrected chi connectivity index (χ4v) is 3.33. The first-order valence-corrected chi connectivity index (χ1v) is 9.58. The third-order valence-corrected chi connectivity index (χ3v) is 4.98. The van der Waals surface area contributed by atoms with Gasteiger partial charge in [-0.15, -0.1) is 0 Å². The molecule has 2 aromatic carbocycles. The van der Waals surface area contributed by atoms with Crippen LogP contribution in [-0.2, 0) is 16.0 Å². The lowest BCUT2D eigenvalue weighted by molar-refractivity contribution is -0.137. The van der Waals surface area contributed by atoms with Crippen molar-refractivity contribution in [2.45, 2.75) is 19.8 Å². The lowest BCUT2D eigenvalue weighted by Crippen LogP contribution is -2.50. The van der Waals surface area contributed by atoms with Crippen LogP contribution in [-0.4, -0.2) is 47.8 Å². The van der Waals surface area contributed by atoms with Gasteiger partial charge in [0.2, 0.25) is 11.8 Å². The highest BCUT2D eigenvalue weighted by Gasteiger charge is 2.24. The number of halogens is 1. The summed E-state index contributed by atoms with van der Waals surface area (Å²) in [5, 5.41) is 0. The van der Waals surface area contributed by atoms with Gasteiger partial charge in [-0.1, -0.05) is 42.5 Å². The molecular weight excluding hydrogens is 355 g/mol. The van der Waals surface area contributed by atoms with Crippen molar-refractivity contribution in [3.63, 3.8) is 0 Å². The molecule has 5 heteroatoms. The second-order valence-electron chi connectivity index (χ2n) is 7.04. The molecule has 0 spiro atoms. The summed E-state index contributed by atoms with van der Waals surface area (Å²) in [6, 6.07) is 16.0. The molecule has 2 aromatic rings. The van der Waals surface area contributed by atoms with Crippen LogP contribution in [0, 0.1) is 5.82 Å². The third-order valence-electron chi connectivity index (χ3n) is 4.98. The molecule has 0 saturated carbocycles. The number of amides is 2. The number of hydrogen-bond acceptors (Lipinski definition) is 2. The van der Waals surface area contributed by atoms with Gasteiger partial charge in [-0.2, -0.15) is 0 Å². The van der Waals surface area contributed by atoms with E-state index in [1.165, 1.54) is 12.1 Å². The fourth-order valence-electron chi connectivity index (χ4n) is 3.33. The summed E-state index contributed by atoms with van der Waals surface area (Å²) in [7, 11) is 0. The van der Waals surface area contributed by atoms with Gasteiger partial charge in [0.25, 0.3) is 0 Å². The number of carbonyl (C=O) groups excluding carboxylic acids is 2. The van der Waals surface area contributed by atoms with Crippen LogP contribution in [0.5, 0.6) is 0 Å². The monoisotopic (exact) mass is 380 g/mol. The van der Waals surface area contributed by atoms with Crippen LogP contribution in [0.2, 0.25) is 0 Å². The fraction of sp³-hybridized carbons (Fsp3) is 0.304. The molecule has 1 fully saturated rings. The van der Waals surface area contributed by atoms with Crippen LogP contribution in [0.25, 0.3) is 6.08 Å². The van der Waals surface area contributed by atoms with E-state index in [9.17, 15) is 14.0 Å². The Bertz CT molecular complexity index is 839. The minimum atomic E-state index is -0.271. The molecule has 4 nitrogen and oxygen atoms in total. The van der Waals surface area contributed by atoms with Crippen molar-refractivity contribution in [2.24, 2.45) is 0 Å². The Morgan fingerprint density at radius 2 is 1.54 bits per heavy atom. The molecule has 0 bridgehead atoms. The summed E-state index contributed by atoms with van der Waals surface area (Å²) in [5.74, 6) is -0.178. The topological polar surface area (TPSA) is 40.6 Å². The van der Waals surface area contributed by atoms with Gasteiger partial charge < -0.3 is 9.80 Å². The molecule has 146 valence electrons. The largest absolute Gasteiger partial charge is 0.339 e. The van der Waals surface area contributed by atoms with Crippen LogP contribution in [0.4, 0.5) is 4.39 Å². The predicted molar refractivity (Wildman–Crippen MR) is 108 cm³/mol. The smallest absolute Gasteiger partial charge is 0.249 e. The first kappa shape index (κ1) is 19.8. The minimum Gasteiger partial charge on any atom is -0.339 e. The van der Waals surface area contributed by atoms with Crippen molar-refractivity contribution in [2.75, 3.05) is 26.2 Å². The van der Waals surface area contributed by atoms with Crippen LogP contribution >= 0.6 is 0 Å². The molecule has 1 aliphatic heterocycles. The molecule has 0 atom stereocenters. The third kappa shape index (κ3) is 5.28. The van der Waals surface area contributed by atoms with Crippen LogP contribution in [0.1, 0.15) is 24.5 Å². The zero-order valence-corrected chi connectivity index (χ0v) is 16.1. The molecule has 28 heavy (non-hydrogen) atoms. The van der Waals surface area contributed by atoms with Crippen molar-refractivity contribution in [3.8, 4) is 0 Å². The van der Waals surface area contributed by atoms with Crippen LogP contribution in [0.15, 0.2) is 60.2 Å². The Morgan fingerprint density at radius 1 is 0.929 bits per heavy atom. The second-order valence-corrected chi connectivity index (χ2v) is 7.04. The zero-order chi connectivity index (χ0) is 19.9. The lowest BCUT2D eigenvalue weighted by atomic mass is 10.1. The van der Waals surface area contributed by atoms with Gasteiger partial charge in [0, 0.05) is 38.2 Å². The summed E-state index contributed by atoms with van der Waals surface area (Å²) in [6.07, 6.45) is 2.88. The lowest BCUT2D eigenvalue weighted by Gasteiger charge is -2.35. The van der Waals surface area contributed by atoms with E-state index in [4.69, 9.17) is 0 Å². The SMILES string of the molecule is C/C(=C\c1ccccc1)C(=O)N1CCN(C(=O)CCc2ccc(F)cc2)CC1. The number of carbonyl (C=O) groups is 2. The first-order valence-electron chi connectivity index (χ1n) is 9.58. The first-order chi connectivity index (χ1) is 13.5. The number of aryl methyl sites for hydroxylation is 1. The molecule has 0 aromatic heterocycles.